The second-order valence-electron chi connectivity index (χ2n) is 6.22. The van der Waals surface area contributed by atoms with E-state index in [0.29, 0.717) is 24.8 Å². The highest BCUT2D eigenvalue weighted by atomic mass is 16.6. The van der Waals surface area contributed by atoms with Crippen molar-refractivity contribution < 1.29 is 34.1 Å². The molecule has 0 aromatic heterocycles. The summed E-state index contributed by atoms with van der Waals surface area (Å²) in [5.41, 5.74) is 1.78. The molecule has 0 aromatic carbocycles. The summed E-state index contributed by atoms with van der Waals surface area (Å²) in [5.74, 6) is -3.47. The molecule has 1 aliphatic carbocycles. The molecule has 1 aliphatic heterocycles. The third kappa shape index (κ3) is 4.43. The topological polar surface area (TPSA) is 110 Å². The van der Waals surface area contributed by atoms with E-state index in [2.05, 4.69) is 6.58 Å². The van der Waals surface area contributed by atoms with E-state index in [1.165, 1.54) is 0 Å². The molecule has 1 heterocycles. The van der Waals surface area contributed by atoms with Gasteiger partial charge in [-0.3, -0.25) is 4.79 Å². The van der Waals surface area contributed by atoms with Crippen molar-refractivity contribution in [2.24, 2.45) is 5.92 Å². The van der Waals surface area contributed by atoms with Crippen molar-refractivity contribution in [1.82, 2.24) is 0 Å². The normalized spacial score (nSPS) is 26.9. The van der Waals surface area contributed by atoms with E-state index in [4.69, 9.17) is 14.6 Å². The SMILES string of the molecule is C=C1C(=O)OC2C=C(CO)CCC=C(C)CC(OC(=O)C(=O)CO)C12. The quantitative estimate of drug-likeness (QED) is 0.331. The van der Waals surface area contributed by atoms with Crippen molar-refractivity contribution in [3.05, 3.63) is 35.5 Å². The zero-order chi connectivity index (χ0) is 18.6. The van der Waals surface area contributed by atoms with E-state index >= 15 is 0 Å². The first-order chi connectivity index (χ1) is 11.9. The van der Waals surface area contributed by atoms with Gasteiger partial charge in [-0.2, -0.15) is 0 Å². The highest BCUT2D eigenvalue weighted by Crippen LogP contribution is 2.36. The average Bonchev–Trinajstić information content (AvgIpc) is 2.86. The molecule has 2 N–H and O–H groups in total. The van der Waals surface area contributed by atoms with Crippen LogP contribution in [0.1, 0.15) is 26.2 Å². The predicted molar refractivity (Wildman–Crippen MR) is 87.3 cm³/mol. The molecule has 3 unspecified atom stereocenters. The van der Waals surface area contributed by atoms with E-state index in [1.807, 2.05) is 13.0 Å². The van der Waals surface area contributed by atoms with Crippen molar-refractivity contribution in [1.29, 1.82) is 0 Å². The highest BCUT2D eigenvalue weighted by molar-refractivity contribution is 6.34. The van der Waals surface area contributed by atoms with Crippen LogP contribution in [0.25, 0.3) is 0 Å². The summed E-state index contributed by atoms with van der Waals surface area (Å²) in [5, 5.41) is 18.3. The van der Waals surface area contributed by atoms with Gasteiger partial charge < -0.3 is 19.7 Å². The fourth-order valence-corrected chi connectivity index (χ4v) is 3.04. The lowest BCUT2D eigenvalue weighted by Gasteiger charge is -2.27. The van der Waals surface area contributed by atoms with Gasteiger partial charge in [0.2, 0.25) is 0 Å². The van der Waals surface area contributed by atoms with E-state index in [9.17, 15) is 19.5 Å². The van der Waals surface area contributed by atoms with Gasteiger partial charge in [0.1, 0.15) is 18.8 Å². The molecule has 136 valence electrons. The Morgan fingerprint density at radius 3 is 2.76 bits per heavy atom. The third-order valence-corrected chi connectivity index (χ3v) is 4.38. The van der Waals surface area contributed by atoms with Crippen LogP contribution in [0.4, 0.5) is 0 Å². The molecule has 3 atom stereocenters. The molecule has 7 heteroatoms. The van der Waals surface area contributed by atoms with Crippen LogP contribution in [0.3, 0.4) is 0 Å². The number of aliphatic hydroxyl groups excluding tert-OH is 2. The van der Waals surface area contributed by atoms with E-state index in [0.717, 1.165) is 5.57 Å². The average molecular weight is 350 g/mol. The molecule has 25 heavy (non-hydrogen) atoms. The summed E-state index contributed by atoms with van der Waals surface area (Å²) in [6.45, 7) is 4.47. The molecule has 0 spiro atoms. The first-order valence-electron chi connectivity index (χ1n) is 8.07. The molecule has 0 bridgehead atoms. The van der Waals surface area contributed by atoms with Gasteiger partial charge in [-0.1, -0.05) is 18.2 Å². The van der Waals surface area contributed by atoms with Crippen LogP contribution >= 0.6 is 0 Å². The molecular formula is C18H22O7. The summed E-state index contributed by atoms with van der Waals surface area (Å²) in [7, 11) is 0. The zero-order valence-electron chi connectivity index (χ0n) is 14.1. The number of esters is 2. The molecule has 1 fully saturated rings. The number of Topliss-reactive ketones (excluding diaryl/α,β-unsaturated/α-hetero) is 1. The van der Waals surface area contributed by atoms with Crippen LogP contribution in [0.2, 0.25) is 0 Å². The lowest BCUT2D eigenvalue weighted by molar-refractivity contribution is -0.161. The van der Waals surface area contributed by atoms with Crippen molar-refractivity contribution in [2.45, 2.75) is 38.4 Å². The number of allylic oxidation sites excluding steroid dienone is 1. The predicted octanol–water partition coefficient (Wildman–Crippen LogP) is 0.606. The van der Waals surface area contributed by atoms with E-state index < -0.39 is 42.5 Å². The molecule has 1 saturated heterocycles. The Hall–Kier alpha value is -2.25. The van der Waals surface area contributed by atoms with Gasteiger partial charge in [0.05, 0.1) is 12.5 Å². The number of ketones is 1. The number of carbonyl (C=O) groups is 3. The fourth-order valence-electron chi connectivity index (χ4n) is 3.04. The van der Waals surface area contributed by atoms with Gasteiger partial charge in [0.15, 0.2) is 0 Å². The lowest BCUT2D eigenvalue weighted by atomic mass is 9.85. The Morgan fingerprint density at radius 2 is 2.12 bits per heavy atom. The molecule has 0 amide bonds. The summed E-state index contributed by atoms with van der Waals surface area (Å²) in [4.78, 5) is 35.2. The standard InChI is InChI=1S/C18H22O7/c1-10-4-3-5-12(8-19)7-15-16(11(2)17(22)24-15)14(6-10)25-18(23)13(21)9-20/h4,7,14-16,19-20H,2-3,5-6,8-9H2,1H3. The minimum atomic E-state index is -1.16. The third-order valence-electron chi connectivity index (χ3n) is 4.38. The van der Waals surface area contributed by atoms with Gasteiger partial charge >= 0.3 is 11.9 Å². The number of carbonyl (C=O) groups excluding carboxylic acids is 3. The van der Waals surface area contributed by atoms with Crippen LogP contribution in [0.5, 0.6) is 0 Å². The number of rotatable bonds is 4. The van der Waals surface area contributed by atoms with Crippen LogP contribution in [-0.4, -0.2) is 53.4 Å². The van der Waals surface area contributed by atoms with Gasteiger partial charge in [-0.25, -0.2) is 9.59 Å². The Bertz CT molecular complexity index is 644. The fraction of sp³-hybridized carbons (Fsp3) is 0.500. The maximum absolute atomic E-state index is 12.0. The van der Waals surface area contributed by atoms with Crippen LogP contribution in [0, 0.1) is 5.92 Å². The summed E-state index contributed by atoms with van der Waals surface area (Å²) < 4.78 is 10.6. The summed E-state index contributed by atoms with van der Waals surface area (Å²) >= 11 is 0. The second kappa shape index (κ2) is 8.22. The zero-order valence-corrected chi connectivity index (χ0v) is 14.1. The number of hydrogen-bond donors (Lipinski definition) is 2. The Kier molecular flexibility index (Phi) is 6.27. The van der Waals surface area contributed by atoms with Crippen LogP contribution in [-0.2, 0) is 23.9 Å². The molecule has 0 saturated carbocycles. The monoisotopic (exact) mass is 350 g/mol. The summed E-state index contributed by atoms with van der Waals surface area (Å²) in [6.07, 6.45) is 3.66. The van der Waals surface area contributed by atoms with E-state index in [-0.39, 0.29) is 12.2 Å². The van der Waals surface area contributed by atoms with Crippen molar-refractivity contribution in [3.63, 3.8) is 0 Å². The molecule has 2 rings (SSSR count). The first kappa shape index (κ1) is 19.1. The Morgan fingerprint density at radius 1 is 1.40 bits per heavy atom. The highest BCUT2D eigenvalue weighted by Gasteiger charge is 2.44. The maximum Gasteiger partial charge on any atom is 0.377 e. The van der Waals surface area contributed by atoms with Gasteiger partial charge in [0, 0.05) is 12.0 Å². The number of hydrogen-bond acceptors (Lipinski definition) is 7. The smallest absolute Gasteiger partial charge is 0.377 e. The molecule has 0 aromatic rings. The minimum Gasteiger partial charge on any atom is -0.455 e. The molecule has 7 nitrogen and oxygen atoms in total. The lowest BCUT2D eigenvalue weighted by Crippen LogP contribution is -2.36. The van der Waals surface area contributed by atoms with Crippen molar-refractivity contribution >= 4 is 17.7 Å². The minimum absolute atomic E-state index is 0.154. The number of ether oxygens (including phenoxy) is 2. The van der Waals surface area contributed by atoms with Gasteiger partial charge in [-0.05, 0) is 31.4 Å². The van der Waals surface area contributed by atoms with Crippen molar-refractivity contribution in [3.8, 4) is 0 Å². The molecule has 0 radical (unpaired) electrons. The van der Waals surface area contributed by atoms with Crippen molar-refractivity contribution in [2.75, 3.05) is 13.2 Å². The molecule has 2 aliphatic rings. The van der Waals surface area contributed by atoms with E-state index in [1.54, 1.807) is 6.08 Å². The molecular weight excluding hydrogens is 328 g/mol. The van der Waals surface area contributed by atoms with Crippen LogP contribution < -0.4 is 0 Å². The first-order valence-corrected chi connectivity index (χ1v) is 8.07. The Balaban J connectivity index is 2.38. The second-order valence-corrected chi connectivity index (χ2v) is 6.22. The maximum atomic E-state index is 12.0. The number of aliphatic hydroxyl groups is 2. The largest absolute Gasteiger partial charge is 0.455 e. The number of fused-ring (bicyclic) bond motifs is 1. The Labute approximate surface area is 145 Å². The summed E-state index contributed by atoms with van der Waals surface area (Å²) in [6, 6.07) is 0. The van der Waals surface area contributed by atoms with Gasteiger partial charge in [-0.15, -0.1) is 0 Å². The van der Waals surface area contributed by atoms with Gasteiger partial charge in [0.25, 0.3) is 5.78 Å². The van der Waals surface area contributed by atoms with Crippen LogP contribution in [0.15, 0.2) is 35.5 Å².